The van der Waals surface area contributed by atoms with Gasteiger partial charge < -0.3 is 0 Å². The number of thioether (sulfide) groups is 1. The van der Waals surface area contributed by atoms with Crippen molar-refractivity contribution in [3.63, 3.8) is 0 Å². The molecule has 1 aliphatic rings. The molecule has 3 aromatic rings. The Morgan fingerprint density at radius 3 is 2.26 bits per heavy atom. The Labute approximate surface area is 161 Å². The summed E-state index contributed by atoms with van der Waals surface area (Å²) in [6.45, 7) is 4.02. The van der Waals surface area contributed by atoms with Crippen LogP contribution in [0.25, 0.3) is 0 Å². The Morgan fingerprint density at radius 2 is 1.67 bits per heavy atom. The molecule has 0 amide bonds. The van der Waals surface area contributed by atoms with Crippen LogP contribution >= 0.6 is 11.8 Å². The van der Waals surface area contributed by atoms with Crippen molar-refractivity contribution in [2.45, 2.75) is 43.1 Å². The number of nitrogens with one attached hydrogen (secondary N) is 1. The number of rotatable bonds is 6. The van der Waals surface area contributed by atoms with Crippen molar-refractivity contribution in [3.8, 4) is 0 Å². The summed E-state index contributed by atoms with van der Waals surface area (Å²) >= 11 is 1.34. The van der Waals surface area contributed by atoms with Gasteiger partial charge >= 0.3 is 5.69 Å². The maximum atomic E-state index is 13.3. The van der Waals surface area contributed by atoms with Crippen LogP contribution in [0.15, 0.2) is 58.5 Å². The number of hydrogen-bond donors (Lipinski definition) is 1. The van der Waals surface area contributed by atoms with Gasteiger partial charge in [0.1, 0.15) is 5.25 Å². The third-order valence-corrected chi connectivity index (χ3v) is 5.98. The fraction of sp³-hybridized carbons (Fsp3) is 0.286. The van der Waals surface area contributed by atoms with Gasteiger partial charge in [0, 0.05) is 11.6 Å². The van der Waals surface area contributed by atoms with Gasteiger partial charge in [-0.05, 0) is 32.3 Å². The highest BCUT2D eigenvalue weighted by Gasteiger charge is 2.32. The van der Waals surface area contributed by atoms with Crippen LogP contribution in [0.5, 0.6) is 0 Å². The summed E-state index contributed by atoms with van der Waals surface area (Å²) in [6.07, 6.45) is 1.96. The minimum absolute atomic E-state index is 0.0154. The number of benzene rings is 2. The van der Waals surface area contributed by atoms with E-state index in [9.17, 15) is 9.59 Å². The van der Waals surface area contributed by atoms with Crippen LogP contribution in [0.4, 0.5) is 0 Å². The number of H-pyrrole nitrogens is 1. The predicted molar refractivity (Wildman–Crippen MR) is 106 cm³/mol. The third kappa shape index (κ3) is 3.76. The van der Waals surface area contributed by atoms with E-state index in [2.05, 4.69) is 10.2 Å². The lowest BCUT2D eigenvalue weighted by Gasteiger charge is -2.16. The minimum atomic E-state index is -0.457. The molecule has 0 aliphatic heterocycles. The highest BCUT2D eigenvalue weighted by Crippen LogP contribution is 2.41. The molecule has 1 heterocycles. The topological polar surface area (TPSA) is 67.8 Å². The van der Waals surface area contributed by atoms with Gasteiger partial charge in [-0.2, -0.15) is 0 Å². The van der Waals surface area contributed by atoms with Crippen molar-refractivity contribution < 1.29 is 4.79 Å². The van der Waals surface area contributed by atoms with E-state index in [0.717, 1.165) is 29.5 Å². The zero-order valence-electron chi connectivity index (χ0n) is 15.3. The van der Waals surface area contributed by atoms with Gasteiger partial charge in [0.2, 0.25) is 0 Å². The van der Waals surface area contributed by atoms with E-state index in [0.29, 0.717) is 10.7 Å². The lowest BCUT2D eigenvalue weighted by Crippen LogP contribution is -2.17. The Morgan fingerprint density at radius 1 is 1.07 bits per heavy atom. The molecular weight excluding hydrogens is 358 g/mol. The highest BCUT2D eigenvalue weighted by atomic mass is 32.2. The first kappa shape index (κ1) is 17.8. The van der Waals surface area contributed by atoms with Gasteiger partial charge in [-0.1, -0.05) is 71.4 Å². The number of aromatic amines is 1. The molecule has 0 unspecified atom stereocenters. The first-order valence-electron chi connectivity index (χ1n) is 9.04. The lowest BCUT2D eigenvalue weighted by atomic mass is 10.0. The summed E-state index contributed by atoms with van der Waals surface area (Å²) < 4.78 is 1.69. The normalized spacial score (nSPS) is 14.9. The van der Waals surface area contributed by atoms with Crippen LogP contribution in [0, 0.1) is 13.8 Å². The first-order chi connectivity index (χ1) is 13.0. The van der Waals surface area contributed by atoms with Crippen LogP contribution in [0.3, 0.4) is 0 Å². The number of aromatic nitrogens is 3. The van der Waals surface area contributed by atoms with Gasteiger partial charge in [-0.25, -0.2) is 9.89 Å². The molecule has 0 bridgehead atoms. The second kappa shape index (κ2) is 7.19. The van der Waals surface area contributed by atoms with Crippen LogP contribution in [-0.4, -0.2) is 20.5 Å². The zero-order valence-corrected chi connectivity index (χ0v) is 16.1. The van der Waals surface area contributed by atoms with Crippen LogP contribution in [0.2, 0.25) is 0 Å². The molecule has 1 N–H and O–H groups in total. The van der Waals surface area contributed by atoms with E-state index in [1.807, 2.05) is 62.4 Å². The Balaban J connectivity index is 1.72. The molecule has 0 saturated heterocycles. The first-order valence-corrected chi connectivity index (χ1v) is 9.92. The molecule has 138 valence electrons. The molecule has 4 rings (SSSR count). The molecule has 27 heavy (non-hydrogen) atoms. The summed E-state index contributed by atoms with van der Waals surface area (Å²) in [5.74, 6) is 0.0154. The smallest absolute Gasteiger partial charge is 0.293 e. The van der Waals surface area contributed by atoms with Crippen LogP contribution in [-0.2, 0) is 0 Å². The molecule has 6 heteroatoms. The van der Waals surface area contributed by atoms with Gasteiger partial charge in [-0.15, -0.1) is 5.10 Å². The maximum absolute atomic E-state index is 13.3. The number of aryl methyl sites for hydroxylation is 2. The quantitative estimate of drug-likeness (QED) is 0.514. The summed E-state index contributed by atoms with van der Waals surface area (Å²) in [6, 6.07) is 15.8. The zero-order chi connectivity index (χ0) is 19.0. The van der Waals surface area contributed by atoms with Crippen molar-refractivity contribution >= 4 is 17.5 Å². The number of hydrogen-bond acceptors (Lipinski definition) is 4. The van der Waals surface area contributed by atoms with E-state index >= 15 is 0 Å². The van der Waals surface area contributed by atoms with Crippen molar-refractivity contribution in [1.29, 1.82) is 0 Å². The van der Waals surface area contributed by atoms with Gasteiger partial charge in [0.15, 0.2) is 10.9 Å². The fourth-order valence-electron chi connectivity index (χ4n) is 3.02. The Bertz CT molecular complexity index is 1010. The molecule has 5 nitrogen and oxygen atoms in total. The number of Topliss-reactive ketones (excluding diaryl/α,β-unsaturated/α-hetero) is 1. The monoisotopic (exact) mass is 379 g/mol. The average Bonchev–Trinajstić information content (AvgIpc) is 3.43. The van der Waals surface area contributed by atoms with Gasteiger partial charge in [0.25, 0.3) is 0 Å². The van der Waals surface area contributed by atoms with Gasteiger partial charge in [0.05, 0.1) is 0 Å². The Kier molecular flexibility index (Phi) is 4.74. The van der Waals surface area contributed by atoms with Crippen molar-refractivity contribution in [1.82, 2.24) is 14.8 Å². The van der Waals surface area contributed by atoms with Crippen molar-refractivity contribution in [2.24, 2.45) is 0 Å². The predicted octanol–water partition coefficient (Wildman–Crippen LogP) is 4.24. The number of nitrogens with zero attached hydrogens (tertiary/aromatic N) is 2. The standard InChI is InChI=1S/C21H21N3O2S/c1-13-3-7-15(8-4-13)18(25)19(16-9-5-14(2)6-10-16)27-21-23-22-20(26)24(21)17-11-12-17/h3-10,17,19H,11-12H2,1-2H3,(H,22,26)/t19-/m0/s1. The second-order valence-electron chi connectivity index (χ2n) is 7.05. The Hall–Kier alpha value is -2.60. The largest absolute Gasteiger partial charge is 0.344 e. The molecule has 1 atom stereocenters. The van der Waals surface area contributed by atoms with Crippen LogP contribution in [0.1, 0.15) is 51.2 Å². The fourth-order valence-corrected chi connectivity index (χ4v) is 4.21. The second-order valence-corrected chi connectivity index (χ2v) is 8.12. The van der Waals surface area contributed by atoms with E-state index < -0.39 is 5.25 Å². The SMILES string of the molecule is Cc1ccc(C(=O)[C@@H](Sc2n[nH]c(=O)n2C2CC2)c2ccc(C)cc2)cc1. The maximum Gasteiger partial charge on any atom is 0.344 e. The van der Waals surface area contributed by atoms with Crippen LogP contribution < -0.4 is 5.69 Å². The summed E-state index contributed by atoms with van der Waals surface area (Å²) in [7, 11) is 0. The average molecular weight is 379 g/mol. The molecule has 1 aliphatic carbocycles. The minimum Gasteiger partial charge on any atom is -0.293 e. The lowest BCUT2D eigenvalue weighted by molar-refractivity contribution is 0.0989. The number of carbonyl (C=O) groups excluding carboxylic acids is 1. The van der Waals surface area contributed by atoms with Gasteiger partial charge in [-0.3, -0.25) is 9.36 Å². The number of carbonyl (C=O) groups is 1. The molecule has 2 aromatic carbocycles. The molecule has 1 saturated carbocycles. The molecule has 1 fully saturated rings. The molecule has 0 radical (unpaired) electrons. The third-order valence-electron chi connectivity index (χ3n) is 4.76. The number of ketones is 1. The molecule has 0 spiro atoms. The van der Waals surface area contributed by atoms with Crippen molar-refractivity contribution in [2.75, 3.05) is 0 Å². The molecular formula is C21H21N3O2S. The van der Waals surface area contributed by atoms with E-state index in [1.54, 1.807) is 4.57 Å². The highest BCUT2D eigenvalue weighted by molar-refractivity contribution is 8.00. The summed E-state index contributed by atoms with van der Waals surface area (Å²) in [5.41, 5.74) is 3.62. The summed E-state index contributed by atoms with van der Waals surface area (Å²) in [4.78, 5) is 25.4. The van der Waals surface area contributed by atoms with E-state index in [-0.39, 0.29) is 17.5 Å². The van der Waals surface area contributed by atoms with E-state index in [4.69, 9.17) is 0 Å². The summed E-state index contributed by atoms with van der Waals surface area (Å²) in [5, 5.41) is 6.84. The van der Waals surface area contributed by atoms with Crippen molar-refractivity contribution in [3.05, 3.63) is 81.3 Å². The molecule has 1 aromatic heterocycles. The van der Waals surface area contributed by atoms with E-state index in [1.165, 1.54) is 11.8 Å².